The second-order valence-electron chi connectivity index (χ2n) is 7.58. The van der Waals surface area contributed by atoms with Crippen LogP contribution >= 0.6 is 0 Å². The van der Waals surface area contributed by atoms with E-state index in [4.69, 9.17) is 0 Å². The van der Waals surface area contributed by atoms with Crippen LogP contribution in [0.4, 0.5) is 5.82 Å². The fourth-order valence-electron chi connectivity index (χ4n) is 3.32. The van der Waals surface area contributed by atoms with E-state index in [1.807, 2.05) is 30.6 Å². The van der Waals surface area contributed by atoms with Gasteiger partial charge in [0.15, 0.2) is 0 Å². The lowest BCUT2D eigenvalue weighted by molar-refractivity contribution is 0.559. The molecule has 2 atom stereocenters. The first-order chi connectivity index (χ1) is 13.7. The van der Waals surface area contributed by atoms with Crippen molar-refractivity contribution >= 4 is 22.8 Å². The van der Waals surface area contributed by atoms with E-state index < -0.39 is 0 Å². The van der Waals surface area contributed by atoms with E-state index in [-0.39, 0.29) is 0 Å². The maximum atomic E-state index is 4.61. The van der Waals surface area contributed by atoms with E-state index in [2.05, 4.69) is 72.5 Å². The molecule has 0 aliphatic heterocycles. The Morgan fingerprint density at radius 3 is 2.71 bits per heavy atom. The Labute approximate surface area is 168 Å². The number of benzene rings is 1. The molecule has 0 fully saturated rings. The van der Waals surface area contributed by atoms with E-state index >= 15 is 0 Å². The number of hydrogen-bond donors (Lipinski definition) is 1. The molecule has 0 radical (unpaired) electrons. The number of anilines is 1. The predicted octanol–water partition coefficient (Wildman–Crippen LogP) is 6.51. The van der Waals surface area contributed by atoms with Crippen LogP contribution < -0.4 is 5.32 Å². The summed E-state index contributed by atoms with van der Waals surface area (Å²) in [6.07, 6.45) is 12.5. The predicted molar refractivity (Wildman–Crippen MR) is 120 cm³/mol. The summed E-state index contributed by atoms with van der Waals surface area (Å²) in [5.41, 5.74) is 3.50. The topological polar surface area (TPSA) is 37.8 Å². The van der Waals surface area contributed by atoms with Crippen molar-refractivity contribution < 1.29 is 0 Å². The third-order valence-corrected chi connectivity index (χ3v) is 5.33. The van der Waals surface area contributed by atoms with Crippen LogP contribution in [0, 0.1) is 5.92 Å². The molecule has 2 aromatic heterocycles. The van der Waals surface area contributed by atoms with Gasteiger partial charge in [-0.2, -0.15) is 0 Å². The Balaban J connectivity index is 1.65. The molecule has 3 aromatic rings. The molecule has 146 valence electrons. The summed E-state index contributed by atoms with van der Waals surface area (Å²) in [5.74, 6) is 1.71. The number of hydrogen-bond acceptors (Lipinski definition) is 3. The molecule has 1 N–H and O–H groups in total. The van der Waals surface area contributed by atoms with Gasteiger partial charge < -0.3 is 5.32 Å². The zero-order chi connectivity index (χ0) is 19.8. The molecule has 0 aliphatic carbocycles. The molecule has 3 heteroatoms. The van der Waals surface area contributed by atoms with Crippen LogP contribution in [-0.2, 0) is 6.42 Å². The zero-order valence-electron chi connectivity index (χ0n) is 17.2. The molecule has 2 heterocycles. The Morgan fingerprint density at radius 1 is 1.04 bits per heavy atom. The van der Waals surface area contributed by atoms with E-state index in [1.54, 1.807) is 0 Å². The van der Waals surface area contributed by atoms with Crippen molar-refractivity contribution in [1.29, 1.82) is 0 Å². The molecule has 0 spiro atoms. The third kappa shape index (κ3) is 5.41. The highest BCUT2D eigenvalue weighted by atomic mass is 15.0. The van der Waals surface area contributed by atoms with Gasteiger partial charge in [0.2, 0.25) is 0 Å². The fourth-order valence-corrected chi connectivity index (χ4v) is 3.32. The van der Waals surface area contributed by atoms with Gasteiger partial charge in [-0.1, -0.05) is 63.6 Å². The molecule has 3 nitrogen and oxygen atoms in total. The minimum atomic E-state index is 0.371. The van der Waals surface area contributed by atoms with Crippen molar-refractivity contribution in [1.82, 2.24) is 9.97 Å². The van der Waals surface area contributed by atoms with Crippen molar-refractivity contribution in [2.24, 2.45) is 5.92 Å². The first-order valence-corrected chi connectivity index (χ1v) is 10.4. The Bertz CT molecular complexity index is 916. The summed E-state index contributed by atoms with van der Waals surface area (Å²) in [6, 6.07) is 15.0. The number of para-hydroxylation sites is 1. The smallest absolute Gasteiger partial charge is 0.129 e. The molecule has 2 unspecified atom stereocenters. The molecule has 0 saturated heterocycles. The maximum Gasteiger partial charge on any atom is 0.129 e. The van der Waals surface area contributed by atoms with Gasteiger partial charge in [0.25, 0.3) is 0 Å². The number of nitrogens with one attached hydrogen (secondary N) is 1. The molecule has 0 amide bonds. The highest BCUT2D eigenvalue weighted by molar-refractivity contribution is 5.80. The minimum absolute atomic E-state index is 0.371. The van der Waals surface area contributed by atoms with Crippen LogP contribution in [0.1, 0.15) is 51.2 Å². The number of rotatable bonds is 9. The number of nitrogens with zero attached hydrogens (tertiary/aromatic N) is 2. The SMILES string of the molecule is CCC(C)Cc1cccnc1NC(CC)C/C=C\c1cnc2ccccc2c1. The second kappa shape index (κ2) is 10.0. The van der Waals surface area contributed by atoms with Crippen molar-refractivity contribution in [2.45, 2.75) is 52.5 Å². The van der Waals surface area contributed by atoms with E-state index in [0.29, 0.717) is 12.0 Å². The van der Waals surface area contributed by atoms with E-state index in [1.165, 1.54) is 17.4 Å². The van der Waals surface area contributed by atoms with Gasteiger partial charge in [0.1, 0.15) is 5.82 Å². The zero-order valence-corrected chi connectivity index (χ0v) is 17.2. The molecule has 0 aliphatic rings. The van der Waals surface area contributed by atoms with Crippen molar-refractivity contribution in [3.63, 3.8) is 0 Å². The first-order valence-electron chi connectivity index (χ1n) is 10.4. The summed E-state index contributed by atoms with van der Waals surface area (Å²) >= 11 is 0. The Morgan fingerprint density at radius 2 is 1.89 bits per heavy atom. The van der Waals surface area contributed by atoms with Gasteiger partial charge in [-0.05, 0) is 54.5 Å². The summed E-state index contributed by atoms with van der Waals surface area (Å²) in [6.45, 7) is 6.77. The van der Waals surface area contributed by atoms with Crippen LogP contribution in [0.2, 0.25) is 0 Å². The van der Waals surface area contributed by atoms with Crippen molar-refractivity contribution in [2.75, 3.05) is 5.32 Å². The lowest BCUT2D eigenvalue weighted by Crippen LogP contribution is -2.19. The Hall–Kier alpha value is -2.68. The van der Waals surface area contributed by atoms with Gasteiger partial charge in [-0.15, -0.1) is 0 Å². The average Bonchev–Trinajstić information content (AvgIpc) is 2.74. The van der Waals surface area contributed by atoms with E-state index in [0.717, 1.165) is 36.2 Å². The van der Waals surface area contributed by atoms with Gasteiger partial charge in [-0.3, -0.25) is 4.98 Å². The van der Waals surface area contributed by atoms with Gasteiger partial charge in [-0.25, -0.2) is 4.98 Å². The highest BCUT2D eigenvalue weighted by Crippen LogP contribution is 2.20. The second-order valence-corrected chi connectivity index (χ2v) is 7.58. The summed E-state index contributed by atoms with van der Waals surface area (Å²) < 4.78 is 0. The number of pyridine rings is 2. The van der Waals surface area contributed by atoms with Crippen LogP contribution in [0.3, 0.4) is 0 Å². The van der Waals surface area contributed by atoms with Crippen LogP contribution in [0.25, 0.3) is 17.0 Å². The molecule has 3 rings (SSSR count). The van der Waals surface area contributed by atoms with Crippen LogP contribution in [-0.4, -0.2) is 16.0 Å². The largest absolute Gasteiger partial charge is 0.367 e. The molecule has 28 heavy (non-hydrogen) atoms. The molecular formula is C25H31N3. The summed E-state index contributed by atoms with van der Waals surface area (Å²) in [4.78, 5) is 9.15. The molecule has 0 bridgehead atoms. The molecular weight excluding hydrogens is 342 g/mol. The Kier molecular flexibility index (Phi) is 7.18. The third-order valence-electron chi connectivity index (χ3n) is 5.33. The molecule has 1 aromatic carbocycles. The van der Waals surface area contributed by atoms with Gasteiger partial charge in [0.05, 0.1) is 5.52 Å². The first kappa shape index (κ1) is 20.1. The lowest BCUT2D eigenvalue weighted by atomic mass is 9.99. The fraction of sp³-hybridized carbons (Fsp3) is 0.360. The average molecular weight is 374 g/mol. The highest BCUT2D eigenvalue weighted by Gasteiger charge is 2.11. The molecule has 0 saturated carbocycles. The summed E-state index contributed by atoms with van der Waals surface area (Å²) in [7, 11) is 0. The maximum absolute atomic E-state index is 4.61. The number of fused-ring (bicyclic) bond motifs is 1. The van der Waals surface area contributed by atoms with Crippen LogP contribution in [0.15, 0.2) is 60.9 Å². The van der Waals surface area contributed by atoms with Crippen molar-refractivity contribution in [3.05, 3.63) is 72.1 Å². The lowest BCUT2D eigenvalue weighted by Gasteiger charge is -2.19. The van der Waals surface area contributed by atoms with Gasteiger partial charge >= 0.3 is 0 Å². The van der Waals surface area contributed by atoms with Crippen LogP contribution in [0.5, 0.6) is 0 Å². The number of aromatic nitrogens is 2. The minimum Gasteiger partial charge on any atom is -0.367 e. The van der Waals surface area contributed by atoms with E-state index in [9.17, 15) is 0 Å². The van der Waals surface area contributed by atoms with Gasteiger partial charge in [0, 0.05) is 23.8 Å². The quantitative estimate of drug-likeness (QED) is 0.464. The standard InChI is InChI=1S/C25H31N3/c1-4-19(3)16-22-12-9-15-26-25(22)28-23(5-2)13-8-10-20-17-21-11-6-7-14-24(21)27-18-20/h6-12,14-15,17-19,23H,4-5,13,16H2,1-3H3,(H,26,28)/b10-8-. The van der Waals surface area contributed by atoms with Crippen molar-refractivity contribution in [3.8, 4) is 0 Å². The monoisotopic (exact) mass is 373 g/mol. The normalized spacial score (nSPS) is 13.7. The summed E-state index contributed by atoms with van der Waals surface area (Å²) in [5, 5.41) is 4.84.